The van der Waals surface area contributed by atoms with Crippen LogP contribution in [0.1, 0.15) is 115 Å². The Balaban J connectivity index is 2.16. The van der Waals surface area contributed by atoms with E-state index in [1.165, 1.54) is 6.92 Å². The molecule has 56 heavy (non-hydrogen) atoms. The van der Waals surface area contributed by atoms with Crippen molar-refractivity contribution >= 4 is 5.97 Å². The topological polar surface area (TPSA) is 192 Å². The zero-order valence-electron chi connectivity index (χ0n) is 37.1. The predicted octanol–water partition coefficient (Wildman–Crippen LogP) is 2.59. The molecule has 1 saturated carbocycles. The van der Waals surface area contributed by atoms with Crippen LogP contribution in [0.4, 0.5) is 0 Å². The Labute approximate surface area is 337 Å². The number of ether oxygens (including phenoxy) is 5. The number of methoxy groups -OCH3 is 1. The molecule has 0 amide bonds. The van der Waals surface area contributed by atoms with Crippen LogP contribution < -0.4 is 10.6 Å². The van der Waals surface area contributed by atoms with Crippen molar-refractivity contribution in [2.75, 3.05) is 40.8 Å². The highest BCUT2D eigenvalue weighted by molar-refractivity contribution is 5.73. The number of nitrogens with one attached hydrogen (secondary N) is 2. The molecule has 3 aliphatic rings. The quantitative estimate of drug-likeness (QED) is 0.119. The lowest BCUT2D eigenvalue weighted by Gasteiger charge is -2.54. The minimum atomic E-state index is -1.79. The second-order valence-corrected chi connectivity index (χ2v) is 18.7. The predicted molar refractivity (Wildman–Crippen MR) is 215 cm³/mol. The second kappa shape index (κ2) is 20.0. The molecule has 1 aliphatic carbocycles. The number of rotatable bonds is 11. The van der Waals surface area contributed by atoms with Crippen LogP contribution in [0.3, 0.4) is 0 Å². The summed E-state index contributed by atoms with van der Waals surface area (Å²) in [5.41, 5.74) is -5.54. The first kappa shape index (κ1) is 49.4. The van der Waals surface area contributed by atoms with Gasteiger partial charge in [0.2, 0.25) is 0 Å². The Morgan fingerprint density at radius 1 is 0.964 bits per heavy atom. The van der Waals surface area contributed by atoms with Crippen molar-refractivity contribution in [2.45, 2.75) is 198 Å². The number of hydrogen-bond acceptors (Lipinski definition) is 14. The zero-order valence-corrected chi connectivity index (χ0v) is 37.1. The Morgan fingerprint density at radius 3 is 2.18 bits per heavy atom. The van der Waals surface area contributed by atoms with E-state index < -0.39 is 89.2 Å². The molecule has 7 N–H and O–H groups in total. The molecule has 9 unspecified atom stereocenters. The lowest BCUT2D eigenvalue weighted by Crippen LogP contribution is -2.67. The molecule has 3 rings (SSSR count). The summed E-state index contributed by atoms with van der Waals surface area (Å²) in [4.78, 5) is 16.3. The molecule has 2 heterocycles. The van der Waals surface area contributed by atoms with E-state index >= 15 is 0 Å². The number of aliphatic hydroxyl groups is 5. The lowest BCUT2D eigenvalue weighted by molar-refractivity contribution is -0.302. The third-order valence-electron chi connectivity index (χ3n) is 13.5. The first-order chi connectivity index (χ1) is 25.9. The molecule has 2 saturated heterocycles. The highest BCUT2D eigenvalue weighted by atomic mass is 16.7. The van der Waals surface area contributed by atoms with Gasteiger partial charge in [-0.3, -0.25) is 4.79 Å². The maximum atomic E-state index is 14.4. The maximum Gasteiger partial charge on any atom is 0.311 e. The number of hydrogen-bond donors (Lipinski definition) is 7. The van der Waals surface area contributed by atoms with Gasteiger partial charge in [-0.25, -0.2) is 0 Å². The highest BCUT2D eigenvalue weighted by Crippen LogP contribution is 2.46. The number of aliphatic hydroxyl groups excluding tert-OH is 2. The molecule has 3 fully saturated rings. The number of nitrogens with zero attached hydrogens (tertiary/aromatic N) is 1. The molecule has 0 radical (unpaired) electrons. The van der Waals surface area contributed by atoms with Crippen LogP contribution in [-0.2, 0) is 28.5 Å². The molecule has 0 aromatic carbocycles. The van der Waals surface area contributed by atoms with Gasteiger partial charge in [-0.05, 0) is 113 Å². The summed E-state index contributed by atoms with van der Waals surface area (Å²) in [6, 6.07) is -0.841. The highest BCUT2D eigenvalue weighted by Gasteiger charge is 2.57. The fourth-order valence-electron chi connectivity index (χ4n) is 9.80. The van der Waals surface area contributed by atoms with E-state index in [4.69, 9.17) is 23.7 Å². The van der Waals surface area contributed by atoms with Crippen LogP contribution in [0.2, 0.25) is 0 Å². The normalized spacial score (nSPS) is 47.9. The summed E-state index contributed by atoms with van der Waals surface area (Å²) < 4.78 is 32.3. The van der Waals surface area contributed by atoms with Gasteiger partial charge in [-0.1, -0.05) is 34.6 Å². The molecule has 0 aromatic heterocycles. The Hall–Kier alpha value is -1.01. The van der Waals surface area contributed by atoms with E-state index in [1.807, 2.05) is 53.6 Å². The van der Waals surface area contributed by atoms with Crippen molar-refractivity contribution < 1.29 is 54.0 Å². The van der Waals surface area contributed by atoms with Gasteiger partial charge in [0, 0.05) is 38.1 Å². The van der Waals surface area contributed by atoms with Crippen molar-refractivity contribution in [3.63, 3.8) is 0 Å². The van der Waals surface area contributed by atoms with E-state index in [0.717, 1.165) is 13.0 Å². The fourth-order valence-corrected chi connectivity index (χ4v) is 9.80. The number of carbonyl (C=O) groups is 1. The molecule has 0 bridgehead atoms. The average Bonchev–Trinajstić information content (AvgIpc) is 3.12. The van der Waals surface area contributed by atoms with Gasteiger partial charge in [0.15, 0.2) is 6.29 Å². The molecule has 2 aliphatic heterocycles. The van der Waals surface area contributed by atoms with Gasteiger partial charge < -0.3 is 64.8 Å². The molecule has 18 atom stereocenters. The van der Waals surface area contributed by atoms with Crippen LogP contribution in [0, 0.1) is 23.7 Å². The molecule has 330 valence electrons. The molecule has 14 nitrogen and oxygen atoms in total. The average molecular weight is 804 g/mol. The Morgan fingerprint density at radius 2 is 1.61 bits per heavy atom. The molecular weight excluding hydrogens is 722 g/mol. The van der Waals surface area contributed by atoms with Crippen molar-refractivity contribution in [1.82, 2.24) is 15.5 Å². The van der Waals surface area contributed by atoms with Crippen LogP contribution in [0.5, 0.6) is 0 Å². The van der Waals surface area contributed by atoms with Gasteiger partial charge in [0.05, 0.1) is 41.5 Å². The summed E-state index contributed by atoms with van der Waals surface area (Å²) in [6.07, 6.45) is -4.34. The van der Waals surface area contributed by atoms with Crippen LogP contribution >= 0.6 is 0 Å². The molecular formula is C42H81N3O11. The van der Waals surface area contributed by atoms with Crippen molar-refractivity contribution in [2.24, 2.45) is 23.7 Å². The zero-order chi connectivity index (χ0) is 42.6. The number of esters is 1. The van der Waals surface area contributed by atoms with E-state index in [1.54, 1.807) is 34.8 Å². The number of cyclic esters (lactones) is 1. The van der Waals surface area contributed by atoms with E-state index in [9.17, 15) is 30.3 Å². The van der Waals surface area contributed by atoms with Gasteiger partial charge in [0.25, 0.3) is 0 Å². The third-order valence-corrected chi connectivity index (χ3v) is 13.5. The molecule has 0 aromatic rings. The summed E-state index contributed by atoms with van der Waals surface area (Å²) in [6.45, 7) is 21.7. The van der Waals surface area contributed by atoms with Crippen LogP contribution in [0.25, 0.3) is 0 Å². The summed E-state index contributed by atoms with van der Waals surface area (Å²) in [5.74, 6) is -2.69. The van der Waals surface area contributed by atoms with Gasteiger partial charge in [0.1, 0.15) is 29.5 Å². The third kappa shape index (κ3) is 11.0. The first-order valence-electron chi connectivity index (χ1n) is 21.3. The maximum absolute atomic E-state index is 14.4. The van der Waals surface area contributed by atoms with Gasteiger partial charge in [-0.2, -0.15) is 0 Å². The SMILES string of the molecule is CCCNC[C@]1(O)C(C)CC(OC2C(C)C(=O)OC(CC)[C@@](C)(O)[C@H](O)[C@@H](C)NC[C@H](C)C[C@](C)(O)[C@H](OC3OC(C)CC(N(C)C)[C@H]3O)C2C)C[C@@]1(C)OC. The summed E-state index contributed by atoms with van der Waals surface area (Å²) in [5, 5.41) is 66.1. The standard InChI is InChI=1S/C42H81N3O11/c1-15-17-43-23-42(51)25(4)18-30(21-40(42,10)52-14)54-34-27(6)36(56-38-33(46)31(45(12)13)19-26(5)53-38)39(9,49)20-24(3)22-44-29(8)35(47)41(11,50)32(16-2)55-37(48)28(34)7/h24-36,38,43-44,46-47,49-51H,15-23H2,1-14H3/t24-,25?,26?,27?,28?,29-,30?,31?,32?,33-,34?,35-,36-,38?,39+,40-,41-,42+/m1/s1. The van der Waals surface area contributed by atoms with Crippen molar-refractivity contribution in [1.29, 1.82) is 0 Å². The Kier molecular flexibility index (Phi) is 17.7. The smallest absolute Gasteiger partial charge is 0.311 e. The fraction of sp³-hybridized carbons (Fsp3) is 0.976. The first-order valence-corrected chi connectivity index (χ1v) is 21.3. The number of likely N-dealkylation sites (N-methyl/N-ethyl adjacent to an activating group) is 1. The van der Waals surface area contributed by atoms with E-state index in [2.05, 4.69) is 17.6 Å². The van der Waals surface area contributed by atoms with Gasteiger partial charge in [-0.15, -0.1) is 0 Å². The summed E-state index contributed by atoms with van der Waals surface area (Å²) >= 11 is 0. The van der Waals surface area contributed by atoms with Gasteiger partial charge >= 0.3 is 5.97 Å². The van der Waals surface area contributed by atoms with E-state index in [-0.39, 0.29) is 36.8 Å². The monoisotopic (exact) mass is 804 g/mol. The van der Waals surface area contributed by atoms with Crippen molar-refractivity contribution in [3.8, 4) is 0 Å². The molecule has 14 heteroatoms. The minimum Gasteiger partial charge on any atom is -0.459 e. The Bertz CT molecular complexity index is 1230. The minimum absolute atomic E-state index is 0.143. The van der Waals surface area contributed by atoms with E-state index in [0.29, 0.717) is 32.4 Å². The van der Waals surface area contributed by atoms with Crippen molar-refractivity contribution in [3.05, 3.63) is 0 Å². The largest absolute Gasteiger partial charge is 0.459 e. The molecule has 0 spiro atoms. The number of carbonyl (C=O) groups excluding carboxylic acids is 1. The lowest BCUT2D eigenvalue weighted by atomic mass is 9.65. The second-order valence-electron chi connectivity index (χ2n) is 18.7. The summed E-state index contributed by atoms with van der Waals surface area (Å²) in [7, 11) is 5.39. The van der Waals surface area contributed by atoms with Crippen LogP contribution in [-0.4, -0.2) is 161 Å². The van der Waals surface area contributed by atoms with Crippen LogP contribution in [0.15, 0.2) is 0 Å².